The molecule has 0 spiro atoms. The first-order chi connectivity index (χ1) is 16.6. The van der Waals surface area contributed by atoms with Crippen molar-refractivity contribution in [2.75, 3.05) is 18.6 Å². The molecule has 6 nitrogen and oxygen atoms in total. The molecule has 0 aliphatic rings. The molecule has 0 amide bonds. The highest BCUT2D eigenvalue weighted by molar-refractivity contribution is 6.06. The number of anilines is 1. The Bertz CT molecular complexity index is 1250. The molecule has 172 valence electrons. The molecular weight excluding hydrogens is 428 g/mol. The van der Waals surface area contributed by atoms with Gasteiger partial charge < -0.3 is 14.4 Å². The molecule has 0 saturated carbocycles. The number of carbonyl (C=O) groups excluding carboxylic acids is 2. The summed E-state index contributed by atoms with van der Waals surface area (Å²) in [5.41, 5.74) is 4.50. The van der Waals surface area contributed by atoms with E-state index >= 15 is 0 Å². The number of hydrogen-bond donors (Lipinski definition) is 0. The molecule has 4 rings (SSSR count). The standard InChI is InChI=1S/C28H26N2O4/c1-3-34-28(32)24-17-29-25-15-14-22(27(31)33-2)16-23(25)26(24)30(18-20-10-6-4-7-11-20)19-21-12-8-5-9-13-21/h4-17H,3,18-19H2,1-2H3/p+1. The molecule has 0 aliphatic heterocycles. The van der Waals surface area contributed by atoms with Crippen LogP contribution in [0.2, 0.25) is 0 Å². The molecule has 0 bridgehead atoms. The SMILES string of the molecule is CCOC(=O)c1c[nH+]c2ccc(C(=O)OC)cc2c1N(Cc1ccccc1)Cc1ccccc1. The zero-order valence-electron chi connectivity index (χ0n) is 19.3. The smallest absolute Gasteiger partial charge is 0.346 e. The number of esters is 2. The van der Waals surface area contributed by atoms with E-state index in [0.717, 1.165) is 22.0 Å². The van der Waals surface area contributed by atoms with Gasteiger partial charge in [-0.1, -0.05) is 60.7 Å². The molecule has 0 aliphatic carbocycles. The van der Waals surface area contributed by atoms with Crippen LogP contribution in [0, 0.1) is 0 Å². The van der Waals surface area contributed by atoms with Crippen LogP contribution in [0.5, 0.6) is 0 Å². The molecule has 4 aromatic rings. The lowest BCUT2D eigenvalue weighted by Crippen LogP contribution is -2.27. The lowest BCUT2D eigenvalue weighted by molar-refractivity contribution is -0.344. The highest BCUT2D eigenvalue weighted by Gasteiger charge is 2.26. The minimum Gasteiger partial charge on any atom is -0.465 e. The number of nitrogens with zero attached hydrogens (tertiary/aromatic N) is 1. The van der Waals surface area contributed by atoms with Crippen LogP contribution >= 0.6 is 0 Å². The molecule has 1 heterocycles. The Labute approximate surface area is 198 Å². The Hall–Kier alpha value is -4.19. The molecule has 1 N–H and O–H groups in total. The van der Waals surface area contributed by atoms with Gasteiger partial charge in [0.1, 0.15) is 5.56 Å². The molecular formula is C28H27N2O4+. The largest absolute Gasteiger partial charge is 0.465 e. The van der Waals surface area contributed by atoms with Crippen molar-refractivity contribution in [3.8, 4) is 0 Å². The first-order valence-corrected chi connectivity index (χ1v) is 11.2. The van der Waals surface area contributed by atoms with Crippen LogP contribution in [0.4, 0.5) is 5.69 Å². The quantitative estimate of drug-likeness (QED) is 0.356. The van der Waals surface area contributed by atoms with Crippen molar-refractivity contribution in [3.63, 3.8) is 0 Å². The van der Waals surface area contributed by atoms with E-state index < -0.39 is 11.9 Å². The van der Waals surface area contributed by atoms with E-state index in [9.17, 15) is 9.59 Å². The summed E-state index contributed by atoms with van der Waals surface area (Å²) in [6.45, 7) is 3.16. The summed E-state index contributed by atoms with van der Waals surface area (Å²) in [6.07, 6.45) is 1.68. The molecule has 1 aromatic heterocycles. The highest BCUT2D eigenvalue weighted by Crippen LogP contribution is 2.32. The van der Waals surface area contributed by atoms with Crippen molar-refractivity contribution in [3.05, 3.63) is 107 Å². The summed E-state index contributed by atoms with van der Waals surface area (Å²) in [5, 5.41) is 0.736. The van der Waals surface area contributed by atoms with Gasteiger partial charge in [0.15, 0.2) is 6.20 Å². The fourth-order valence-corrected chi connectivity index (χ4v) is 4.00. The number of hydrogen-bond acceptors (Lipinski definition) is 5. The van der Waals surface area contributed by atoms with Crippen molar-refractivity contribution >= 4 is 28.5 Å². The van der Waals surface area contributed by atoms with E-state index in [-0.39, 0.29) is 6.61 Å². The second-order valence-corrected chi connectivity index (χ2v) is 7.85. The van der Waals surface area contributed by atoms with Gasteiger partial charge in [-0.2, -0.15) is 0 Å². The number of methoxy groups -OCH3 is 1. The maximum absolute atomic E-state index is 13.0. The summed E-state index contributed by atoms with van der Waals surface area (Å²) in [6, 6.07) is 25.4. The summed E-state index contributed by atoms with van der Waals surface area (Å²) in [4.78, 5) is 30.7. The van der Waals surface area contributed by atoms with Gasteiger partial charge in [-0.3, -0.25) is 0 Å². The Kier molecular flexibility index (Phi) is 7.18. The van der Waals surface area contributed by atoms with Crippen molar-refractivity contribution in [1.82, 2.24) is 0 Å². The number of aromatic amines is 1. The second-order valence-electron chi connectivity index (χ2n) is 7.85. The van der Waals surface area contributed by atoms with Crippen molar-refractivity contribution < 1.29 is 24.0 Å². The molecule has 6 heteroatoms. The van der Waals surface area contributed by atoms with Crippen LogP contribution in [0.3, 0.4) is 0 Å². The minimum absolute atomic E-state index is 0.260. The van der Waals surface area contributed by atoms with Crippen molar-refractivity contribution in [1.29, 1.82) is 0 Å². The number of H-pyrrole nitrogens is 1. The third-order valence-electron chi connectivity index (χ3n) is 5.57. The van der Waals surface area contributed by atoms with Crippen LogP contribution in [0.25, 0.3) is 10.9 Å². The van der Waals surface area contributed by atoms with E-state index in [0.29, 0.717) is 29.9 Å². The number of carbonyl (C=O) groups is 2. The first kappa shape index (κ1) is 23.0. The Morgan fingerprint density at radius 1 is 0.853 bits per heavy atom. The summed E-state index contributed by atoms with van der Waals surface area (Å²) >= 11 is 0. The maximum atomic E-state index is 13.0. The summed E-state index contributed by atoms with van der Waals surface area (Å²) < 4.78 is 10.3. The lowest BCUT2D eigenvalue weighted by Gasteiger charge is -2.27. The molecule has 0 unspecified atom stereocenters. The number of fused-ring (bicyclic) bond motifs is 1. The molecule has 34 heavy (non-hydrogen) atoms. The van der Waals surface area contributed by atoms with Gasteiger partial charge in [0.25, 0.3) is 0 Å². The Morgan fingerprint density at radius 2 is 1.47 bits per heavy atom. The van der Waals surface area contributed by atoms with Crippen LogP contribution in [0.15, 0.2) is 85.1 Å². The number of nitrogens with one attached hydrogen (secondary N) is 1. The van der Waals surface area contributed by atoms with Crippen LogP contribution in [-0.2, 0) is 22.6 Å². The fourth-order valence-electron chi connectivity index (χ4n) is 4.00. The van der Waals surface area contributed by atoms with Gasteiger partial charge in [-0.25, -0.2) is 14.6 Å². The third-order valence-corrected chi connectivity index (χ3v) is 5.57. The summed E-state index contributed by atoms with van der Waals surface area (Å²) in [7, 11) is 1.35. The third kappa shape index (κ3) is 5.07. The normalized spacial score (nSPS) is 10.6. The van der Waals surface area contributed by atoms with Gasteiger partial charge in [-0.15, -0.1) is 0 Å². The first-order valence-electron chi connectivity index (χ1n) is 11.2. The topological polar surface area (TPSA) is 70.0 Å². The van der Waals surface area contributed by atoms with Crippen LogP contribution in [-0.4, -0.2) is 25.7 Å². The highest BCUT2D eigenvalue weighted by atomic mass is 16.5. The van der Waals surface area contributed by atoms with E-state index in [1.807, 2.05) is 42.5 Å². The van der Waals surface area contributed by atoms with E-state index in [2.05, 4.69) is 34.1 Å². The number of rotatable bonds is 8. The predicted octanol–water partition coefficient (Wildman–Crippen LogP) is 4.82. The predicted molar refractivity (Wildman–Crippen MR) is 131 cm³/mol. The van der Waals surface area contributed by atoms with Crippen molar-refractivity contribution in [2.45, 2.75) is 20.0 Å². The Balaban J connectivity index is 1.94. The molecule has 0 fully saturated rings. The van der Waals surface area contributed by atoms with Gasteiger partial charge in [0.2, 0.25) is 5.52 Å². The molecule has 0 saturated heterocycles. The fraction of sp³-hybridized carbons (Fsp3) is 0.179. The Morgan fingerprint density at radius 3 is 2.03 bits per heavy atom. The number of pyridine rings is 1. The van der Waals surface area contributed by atoms with Gasteiger partial charge in [0, 0.05) is 19.2 Å². The average Bonchev–Trinajstić information content (AvgIpc) is 2.88. The minimum atomic E-state index is -0.438. The molecule has 0 atom stereocenters. The van der Waals surface area contributed by atoms with Gasteiger partial charge in [-0.05, 0) is 30.2 Å². The monoisotopic (exact) mass is 455 g/mol. The van der Waals surface area contributed by atoms with Crippen LogP contribution < -0.4 is 9.88 Å². The summed E-state index contributed by atoms with van der Waals surface area (Å²) in [5.74, 6) is -0.864. The van der Waals surface area contributed by atoms with E-state index in [4.69, 9.17) is 9.47 Å². The van der Waals surface area contributed by atoms with Gasteiger partial charge in [0.05, 0.1) is 30.4 Å². The number of aromatic nitrogens is 1. The number of benzene rings is 3. The zero-order chi connectivity index (χ0) is 23.9. The van der Waals surface area contributed by atoms with E-state index in [1.54, 1.807) is 25.3 Å². The molecule has 0 radical (unpaired) electrons. The second kappa shape index (κ2) is 10.6. The number of ether oxygens (including phenoxy) is 2. The maximum Gasteiger partial charge on any atom is 0.346 e. The lowest BCUT2D eigenvalue weighted by atomic mass is 10.0. The average molecular weight is 456 g/mol. The zero-order valence-corrected chi connectivity index (χ0v) is 19.3. The van der Waals surface area contributed by atoms with Gasteiger partial charge >= 0.3 is 11.9 Å². The van der Waals surface area contributed by atoms with Crippen LogP contribution in [0.1, 0.15) is 38.8 Å². The van der Waals surface area contributed by atoms with Crippen molar-refractivity contribution in [2.24, 2.45) is 0 Å². The van der Waals surface area contributed by atoms with E-state index in [1.165, 1.54) is 7.11 Å². The molecule has 3 aromatic carbocycles.